The van der Waals surface area contributed by atoms with Gasteiger partial charge < -0.3 is 4.74 Å². The minimum Gasteiger partial charge on any atom is -0.376 e. The lowest BCUT2D eigenvalue weighted by Crippen LogP contribution is -2.52. The highest BCUT2D eigenvalue weighted by Gasteiger charge is 2.33. The van der Waals surface area contributed by atoms with Gasteiger partial charge in [0.15, 0.2) is 0 Å². The predicted molar refractivity (Wildman–Crippen MR) is 81.9 cm³/mol. The Morgan fingerprint density at radius 2 is 2.05 bits per heavy atom. The highest BCUT2D eigenvalue weighted by atomic mass is 32.2. The number of nitrogens with zero attached hydrogens (tertiary/aromatic N) is 2. The summed E-state index contributed by atoms with van der Waals surface area (Å²) in [5.41, 5.74) is 0. The smallest absolute Gasteiger partial charge is 0.0674 e. The SMILES string of the molecule is C[C@@H]1CN(CCN2CCS[C@@H]3CCCC[C@@H]32)CCO1. The van der Waals surface area contributed by atoms with E-state index >= 15 is 0 Å². The van der Waals surface area contributed by atoms with Crippen molar-refractivity contribution in [2.24, 2.45) is 0 Å². The van der Waals surface area contributed by atoms with Gasteiger partial charge >= 0.3 is 0 Å². The average Bonchev–Trinajstić information content (AvgIpc) is 2.45. The monoisotopic (exact) mass is 284 g/mol. The fourth-order valence-electron chi connectivity index (χ4n) is 3.82. The van der Waals surface area contributed by atoms with E-state index in [1.54, 1.807) is 0 Å². The van der Waals surface area contributed by atoms with Gasteiger partial charge in [0.1, 0.15) is 0 Å². The molecule has 110 valence electrons. The van der Waals surface area contributed by atoms with Crippen LogP contribution in [-0.2, 0) is 4.74 Å². The van der Waals surface area contributed by atoms with Crippen LogP contribution in [0.2, 0.25) is 0 Å². The molecule has 0 aromatic heterocycles. The Hall–Kier alpha value is 0.230. The first-order valence-corrected chi connectivity index (χ1v) is 9.07. The van der Waals surface area contributed by atoms with E-state index in [4.69, 9.17) is 4.74 Å². The molecule has 0 amide bonds. The normalized spacial score (nSPS) is 38.1. The van der Waals surface area contributed by atoms with Gasteiger partial charge in [0.25, 0.3) is 0 Å². The molecule has 19 heavy (non-hydrogen) atoms. The van der Waals surface area contributed by atoms with Crippen molar-refractivity contribution >= 4 is 11.8 Å². The fraction of sp³-hybridized carbons (Fsp3) is 1.00. The maximum absolute atomic E-state index is 5.63. The summed E-state index contributed by atoms with van der Waals surface area (Å²) in [6.45, 7) is 9.18. The Balaban J connectivity index is 1.48. The second-order valence-corrected chi connectivity index (χ2v) is 7.63. The Morgan fingerprint density at radius 3 is 2.95 bits per heavy atom. The predicted octanol–water partition coefficient (Wildman–Crippen LogP) is 2.07. The standard InChI is InChI=1S/C15H28N2OS/c1-13-12-16(8-10-18-13)6-7-17-9-11-19-15-5-3-2-4-14(15)17/h13-15H,2-12H2,1H3/t13-,14+,15-/m1/s1. The average molecular weight is 284 g/mol. The van der Waals surface area contributed by atoms with Crippen LogP contribution in [0, 0.1) is 0 Å². The van der Waals surface area contributed by atoms with Crippen LogP contribution < -0.4 is 0 Å². The van der Waals surface area contributed by atoms with Crippen molar-refractivity contribution in [1.29, 1.82) is 0 Å². The molecule has 3 atom stereocenters. The minimum atomic E-state index is 0.424. The van der Waals surface area contributed by atoms with Crippen LogP contribution >= 0.6 is 11.8 Å². The van der Waals surface area contributed by atoms with Gasteiger partial charge in [0.2, 0.25) is 0 Å². The lowest BCUT2D eigenvalue weighted by Gasteiger charge is -2.44. The van der Waals surface area contributed by atoms with Crippen molar-refractivity contribution in [2.75, 3.05) is 45.1 Å². The van der Waals surface area contributed by atoms with E-state index in [1.165, 1.54) is 51.1 Å². The summed E-state index contributed by atoms with van der Waals surface area (Å²) in [6, 6.07) is 0.881. The van der Waals surface area contributed by atoms with Gasteiger partial charge in [0, 0.05) is 49.8 Å². The zero-order valence-electron chi connectivity index (χ0n) is 12.2. The molecule has 2 heterocycles. The molecule has 3 aliphatic rings. The van der Waals surface area contributed by atoms with E-state index in [0.717, 1.165) is 31.0 Å². The molecule has 1 saturated carbocycles. The summed E-state index contributed by atoms with van der Waals surface area (Å²) in [5, 5.41) is 0.936. The number of morpholine rings is 1. The molecule has 0 bridgehead atoms. The number of ether oxygens (including phenoxy) is 1. The Kier molecular flexibility index (Phi) is 5.07. The van der Waals surface area contributed by atoms with Gasteiger partial charge in [-0.05, 0) is 19.8 Å². The van der Waals surface area contributed by atoms with Crippen LogP contribution in [0.25, 0.3) is 0 Å². The molecule has 3 rings (SSSR count). The third kappa shape index (κ3) is 3.66. The van der Waals surface area contributed by atoms with Gasteiger partial charge in [-0.15, -0.1) is 0 Å². The van der Waals surface area contributed by atoms with Crippen LogP contribution in [0.15, 0.2) is 0 Å². The minimum absolute atomic E-state index is 0.424. The van der Waals surface area contributed by atoms with Crippen molar-refractivity contribution in [1.82, 2.24) is 9.80 Å². The lowest BCUT2D eigenvalue weighted by atomic mass is 9.93. The number of fused-ring (bicyclic) bond motifs is 1. The Morgan fingerprint density at radius 1 is 1.16 bits per heavy atom. The lowest BCUT2D eigenvalue weighted by molar-refractivity contribution is -0.0221. The highest BCUT2D eigenvalue weighted by molar-refractivity contribution is 8.00. The van der Waals surface area contributed by atoms with Crippen LogP contribution in [0.4, 0.5) is 0 Å². The molecule has 2 saturated heterocycles. The second-order valence-electron chi connectivity index (χ2n) is 6.28. The third-order valence-corrected chi connectivity index (χ3v) is 6.27. The highest BCUT2D eigenvalue weighted by Crippen LogP contribution is 2.35. The third-order valence-electron chi connectivity index (χ3n) is 4.88. The van der Waals surface area contributed by atoms with Crippen LogP contribution in [0.5, 0.6) is 0 Å². The van der Waals surface area contributed by atoms with E-state index in [0.29, 0.717) is 6.10 Å². The molecule has 0 radical (unpaired) electrons. The number of rotatable bonds is 3. The first-order valence-electron chi connectivity index (χ1n) is 8.02. The van der Waals surface area contributed by atoms with E-state index in [9.17, 15) is 0 Å². The maximum Gasteiger partial charge on any atom is 0.0674 e. The zero-order chi connectivity index (χ0) is 13.1. The Bertz CT molecular complexity index is 287. The van der Waals surface area contributed by atoms with Crippen molar-refractivity contribution in [3.05, 3.63) is 0 Å². The Labute approximate surface area is 122 Å². The van der Waals surface area contributed by atoms with Gasteiger partial charge in [-0.25, -0.2) is 0 Å². The molecule has 4 heteroatoms. The molecule has 2 aliphatic heterocycles. The molecule has 3 nitrogen and oxygen atoms in total. The molecule has 0 aromatic carbocycles. The summed E-state index contributed by atoms with van der Waals surface area (Å²) >= 11 is 2.24. The van der Waals surface area contributed by atoms with Gasteiger partial charge in [-0.2, -0.15) is 11.8 Å². The molecular formula is C15H28N2OS. The van der Waals surface area contributed by atoms with Crippen LogP contribution in [-0.4, -0.2) is 72.3 Å². The quantitative estimate of drug-likeness (QED) is 0.788. The molecular weight excluding hydrogens is 256 g/mol. The van der Waals surface area contributed by atoms with Gasteiger partial charge in [-0.1, -0.05) is 12.8 Å². The molecule has 3 fully saturated rings. The number of hydrogen-bond acceptors (Lipinski definition) is 4. The first kappa shape index (κ1) is 14.2. The van der Waals surface area contributed by atoms with Crippen molar-refractivity contribution < 1.29 is 4.74 Å². The maximum atomic E-state index is 5.63. The zero-order valence-corrected chi connectivity index (χ0v) is 13.0. The fourth-order valence-corrected chi connectivity index (χ4v) is 5.32. The van der Waals surface area contributed by atoms with E-state index in [2.05, 4.69) is 28.5 Å². The molecule has 0 spiro atoms. The van der Waals surface area contributed by atoms with Crippen LogP contribution in [0.3, 0.4) is 0 Å². The number of thioether (sulfide) groups is 1. The van der Waals surface area contributed by atoms with E-state index < -0.39 is 0 Å². The molecule has 0 unspecified atom stereocenters. The van der Waals surface area contributed by atoms with Crippen molar-refractivity contribution in [2.45, 2.75) is 50.0 Å². The van der Waals surface area contributed by atoms with E-state index in [1.807, 2.05) is 0 Å². The second kappa shape index (κ2) is 6.79. The summed E-state index contributed by atoms with van der Waals surface area (Å²) in [5.74, 6) is 1.35. The molecule has 1 aliphatic carbocycles. The van der Waals surface area contributed by atoms with Crippen molar-refractivity contribution in [3.8, 4) is 0 Å². The van der Waals surface area contributed by atoms with Gasteiger partial charge in [0.05, 0.1) is 12.7 Å². The number of hydrogen-bond donors (Lipinski definition) is 0. The van der Waals surface area contributed by atoms with Crippen LogP contribution in [0.1, 0.15) is 32.6 Å². The van der Waals surface area contributed by atoms with Crippen molar-refractivity contribution in [3.63, 3.8) is 0 Å². The summed E-state index contributed by atoms with van der Waals surface area (Å²) in [6.07, 6.45) is 6.24. The summed E-state index contributed by atoms with van der Waals surface area (Å²) in [4.78, 5) is 5.38. The molecule has 0 aromatic rings. The largest absolute Gasteiger partial charge is 0.376 e. The molecule has 0 N–H and O–H groups in total. The first-order chi connectivity index (χ1) is 9.33. The van der Waals surface area contributed by atoms with E-state index in [-0.39, 0.29) is 0 Å². The summed E-state index contributed by atoms with van der Waals surface area (Å²) < 4.78 is 5.63. The topological polar surface area (TPSA) is 15.7 Å². The summed E-state index contributed by atoms with van der Waals surface area (Å²) in [7, 11) is 0. The van der Waals surface area contributed by atoms with Gasteiger partial charge in [-0.3, -0.25) is 9.80 Å².